The summed E-state index contributed by atoms with van der Waals surface area (Å²) in [5, 5.41) is 0. The zero-order valence-electron chi connectivity index (χ0n) is 8.24. The predicted octanol–water partition coefficient (Wildman–Crippen LogP) is 1.38. The van der Waals surface area contributed by atoms with Gasteiger partial charge >= 0.3 is 6.09 Å². The molecule has 13 heavy (non-hydrogen) atoms. The van der Waals surface area contributed by atoms with Crippen molar-refractivity contribution >= 4 is 6.09 Å². The third-order valence-corrected chi connectivity index (χ3v) is 2.16. The quantitative estimate of drug-likeness (QED) is 0.579. The fourth-order valence-electron chi connectivity index (χ4n) is 1.46. The minimum absolute atomic E-state index is 0.0950. The van der Waals surface area contributed by atoms with Gasteiger partial charge < -0.3 is 9.47 Å². The fourth-order valence-corrected chi connectivity index (χ4v) is 1.46. The first kappa shape index (κ1) is 10.1. The summed E-state index contributed by atoms with van der Waals surface area (Å²) in [4.78, 5) is 12.9. The van der Waals surface area contributed by atoms with Gasteiger partial charge in [-0.05, 0) is 13.8 Å². The molecule has 0 unspecified atom stereocenters. The van der Waals surface area contributed by atoms with Crippen molar-refractivity contribution in [3.8, 4) is 0 Å². The Balaban J connectivity index is 2.86. The highest BCUT2D eigenvalue weighted by atomic mass is 16.6. The highest BCUT2D eigenvalue weighted by Gasteiger charge is 2.43. The van der Waals surface area contributed by atoms with E-state index in [1.54, 1.807) is 11.0 Å². The van der Waals surface area contributed by atoms with Gasteiger partial charge in [-0.2, -0.15) is 0 Å². The Morgan fingerprint density at radius 3 is 2.85 bits per heavy atom. The summed E-state index contributed by atoms with van der Waals surface area (Å²) in [5.41, 5.74) is -0.605. The van der Waals surface area contributed by atoms with Crippen molar-refractivity contribution in [3.63, 3.8) is 0 Å². The van der Waals surface area contributed by atoms with Crippen molar-refractivity contribution in [3.05, 3.63) is 12.7 Å². The summed E-state index contributed by atoms with van der Waals surface area (Å²) in [7, 11) is 1.36. The van der Waals surface area contributed by atoms with E-state index in [4.69, 9.17) is 4.74 Å². The summed E-state index contributed by atoms with van der Waals surface area (Å²) in [6.45, 7) is 7.78. The van der Waals surface area contributed by atoms with E-state index >= 15 is 0 Å². The highest BCUT2D eigenvalue weighted by Crippen LogP contribution is 2.28. The van der Waals surface area contributed by atoms with Crippen molar-refractivity contribution in [1.82, 2.24) is 4.90 Å². The van der Waals surface area contributed by atoms with Gasteiger partial charge in [0.05, 0.1) is 19.8 Å². The molecule has 0 aromatic rings. The lowest BCUT2D eigenvalue weighted by atomic mass is 10.2. The van der Waals surface area contributed by atoms with E-state index in [1.807, 2.05) is 13.8 Å². The molecular weight excluding hydrogens is 170 g/mol. The number of nitrogens with zero attached hydrogens (tertiary/aromatic N) is 1. The van der Waals surface area contributed by atoms with Crippen LogP contribution in [0.3, 0.4) is 0 Å². The van der Waals surface area contributed by atoms with E-state index < -0.39 is 5.72 Å². The minimum atomic E-state index is -0.605. The first-order valence-corrected chi connectivity index (χ1v) is 4.16. The molecular formula is C9H15NO3. The second kappa shape index (κ2) is 3.38. The van der Waals surface area contributed by atoms with Crippen molar-refractivity contribution in [2.24, 2.45) is 0 Å². The Bertz CT molecular complexity index is 225. The number of methoxy groups -OCH3 is 1. The van der Waals surface area contributed by atoms with E-state index in [-0.39, 0.29) is 12.1 Å². The molecule has 0 saturated carbocycles. The molecule has 1 aliphatic rings. The van der Waals surface area contributed by atoms with Gasteiger partial charge in [0.25, 0.3) is 0 Å². The average molecular weight is 185 g/mol. The van der Waals surface area contributed by atoms with Crippen molar-refractivity contribution < 1.29 is 14.3 Å². The van der Waals surface area contributed by atoms with Crippen LogP contribution in [0, 0.1) is 0 Å². The van der Waals surface area contributed by atoms with Gasteiger partial charge in [0.1, 0.15) is 5.72 Å². The van der Waals surface area contributed by atoms with Gasteiger partial charge in [0, 0.05) is 0 Å². The van der Waals surface area contributed by atoms with Gasteiger partial charge in [-0.1, -0.05) is 6.08 Å². The molecule has 1 amide bonds. The van der Waals surface area contributed by atoms with Gasteiger partial charge in [-0.25, -0.2) is 4.79 Å². The summed E-state index contributed by atoms with van der Waals surface area (Å²) in [6, 6.07) is -0.0950. The maximum Gasteiger partial charge on any atom is 0.412 e. The summed E-state index contributed by atoms with van der Waals surface area (Å²) in [5.74, 6) is 0. The largest absolute Gasteiger partial charge is 0.453 e. The van der Waals surface area contributed by atoms with E-state index in [9.17, 15) is 4.79 Å². The number of amides is 1. The monoisotopic (exact) mass is 185 g/mol. The third-order valence-electron chi connectivity index (χ3n) is 2.16. The molecule has 1 saturated heterocycles. The van der Waals surface area contributed by atoms with Crippen LogP contribution in [0.2, 0.25) is 0 Å². The van der Waals surface area contributed by atoms with Gasteiger partial charge in [-0.15, -0.1) is 6.58 Å². The van der Waals surface area contributed by atoms with Crippen LogP contribution in [0.1, 0.15) is 13.8 Å². The minimum Gasteiger partial charge on any atom is -0.453 e. The van der Waals surface area contributed by atoms with Crippen LogP contribution in [-0.4, -0.2) is 36.5 Å². The molecule has 1 fully saturated rings. The van der Waals surface area contributed by atoms with Crippen LogP contribution >= 0.6 is 0 Å². The lowest BCUT2D eigenvalue weighted by Crippen LogP contribution is -2.47. The Morgan fingerprint density at radius 2 is 2.38 bits per heavy atom. The van der Waals surface area contributed by atoms with Crippen LogP contribution in [0.15, 0.2) is 12.7 Å². The maximum atomic E-state index is 11.4. The molecule has 4 nitrogen and oxygen atoms in total. The molecule has 4 heteroatoms. The molecule has 0 aromatic carbocycles. The van der Waals surface area contributed by atoms with Crippen molar-refractivity contribution in [2.45, 2.75) is 25.6 Å². The molecule has 1 aliphatic heterocycles. The lowest BCUT2D eigenvalue weighted by Gasteiger charge is -2.30. The molecule has 0 aliphatic carbocycles. The SMILES string of the molecule is C=C[C@H]1COC(C)(C)N1C(=O)OC. The summed E-state index contributed by atoms with van der Waals surface area (Å²) in [6.07, 6.45) is 1.30. The molecule has 1 atom stereocenters. The summed E-state index contributed by atoms with van der Waals surface area (Å²) >= 11 is 0. The number of carbonyl (C=O) groups excluding carboxylic acids is 1. The average Bonchev–Trinajstić information content (AvgIpc) is 2.39. The van der Waals surface area contributed by atoms with Crippen LogP contribution in [-0.2, 0) is 9.47 Å². The van der Waals surface area contributed by atoms with E-state index in [0.29, 0.717) is 6.61 Å². The molecule has 0 bridgehead atoms. The molecule has 1 rings (SSSR count). The van der Waals surface area contributed by atoms with Crippen molar-refractivity contribution in [1.29, 1.82) is 0 Å². The molecule has 1 heterocycles. The second-order valence-electron chi connectivity index (χ2n) is 3.40. The Labute approximate surface area is 78.1 Å². The number of carbonyl (C=O) groups is 1. The van der Waals surface area contributed by atoms with E-state index in [2.05, 4.69) is 11.3 Å². The standard InChI is InChI=1S/C9H15NO3/c1-5-7-6-13-9(2,3)10(7)8(11)12-4/h5,7H,1,6H2,2-4H3/t7-/m0/s1. The van der Waals surface area contributed by atoms with Gasteiger partial charge in [-0.3, -0.25) is 4.90 Å². The number of rotatable bonds is 1. The van der Waals surface area contributed by atoms with Crippen molar-refractivity contribution in [2.75, 3.05) is 13.7 Å². The molecule has 0 aromatic heterocycles. The van der Waals surface area contributed by atoms with E-state index in [1.165, 1.54) is 7.11 Å². The normalized spacial score (nSPS) is 25.8. The predicted molar refractivity (Wildman–Crippen MR) is 48.3 cm³/mol. The number of ether oxygens (including phenoxy) is 2. The topological polar surface area (TPSA) is 38.8 Å². The smallest absolute Gasteiger partial charge is 0.412 e. The lowest BCUT2D eigenvalue weighted by molar-refractivity contribution is -0.0439. The maximum absolute atomic E-state index is 11.4. The van der Waals surface area contributed by atoms with Crippen LogP contribution in [0.25, 0.3) is 0 Å². The number of hydrogen-bond donors (Lipinski definition) is 0. The zero-order chi connectivity index (χ0) is 10.1. The van der Waals surface area contributed by atoms with Crippen LogP contribution in [0.5, 0.6) is 0 Å². The Morgan fingerprint density at radius 1 is 1.77 bits per heavy atom. The van der Waals surface area contributed by atoms with Crippen LogP contribution < -0.4 is 0 Å². The molecule has 0 N–H and O–H groups in total. The van der Waals surface area contributed by atoms with Gasteiger partial charge in [0.2, 0.25) is 0 Å². The summed E-state index contributed by atoms with van der Waals surface area (Å²) < 4.78 is 10.1. The Hall–Kier alpha value is -1.03. The van der Waals surface area contributed by atoms with E-state index in [0.717, 1.165) is 0 Å². The first-order valence-electron chi connectivity index (χ1n) is 4.16. The number of hydrogen-bond acceptors (Lipinski definition) is 3. The molecule has 74 valence electrons. The first-order chi connectivity index (χ1) is 6.03. The Kier molecular flexibility index (Phi) is 2.61. The highest BCUT2D eigenvalue weighted by molar-refractivity contribution is 5.69. The fraction of sp³-hybridized carbons (Fsp3) is 0.667. The van der Waals surface area contributed by atoms with Gasteiger partial charge in [0.15, 0.2) is 0 Å². The zero-order valence-corrected chi connectivity index (χ0v) is 8.24. The molecule has 0 radical (unpaired) electrons. The molecule has 0 spiro atoms. The second-order valence-corrected chi connectivity index (χ2v) is 3.40. The van der Waals surface area contributed by atoms with Crippen LogP contribution in [0.4, 0.5) is 4.79 Å². The third kappa shape index (κ3) is 1.67.